The summed E-state index contributed by atoms with van der Waals surface area (Å²) in [5.41, 5.74) is 3.62. The molecule has 9 heteroatoms. The molecule has 0 saturated heterocycles. The number of carbonyl (C=O) groups excluding carboxylic acids is 1. The Morgan fingerprint density at radius 3 is 2.44 bits per heavy atom. The molecule has 0 aliphatic heterocycles. The number of rotatable bonds is 7. The van der Waals surface area contributed by atoms with Crippen molar-refractivity contribution in [3.05, 3.63) is 88.7 Å². The molecule has 0 aliphatic carbocycles. The van der Waals surface area contributed by atoms with Crippen LogP contribution in [-0.4, -0.2) is 21.3 Å². The molecule has 1 amide bonds. The van der Waals surface area contributed by atoms with E-state index in [9.17, 15) is 4.79 Å². The minimum atomic E-state index is -0.301. The van der Waals surface area contributed by atoms with Gasteiger partial charge >= 0.3 is 0 Å². The van der Waals surface area contributed by atoms with E-state index < -0.39 is 0 Å². The molecule has 5 nitrogen and oxygen atoms in total. The first-order chi connectivity index (χ1) is 16.5. The first-order valence-corrected chi connectivity index (χ1v) is 13.3. The van der Waals surface area contributed by atoms with Gasteiger partial charge < -0.3 is 16.0 Å². The number of thiazole rings is 1. The summed E-state index contributed by atoms with van der Waals surface area (Å²) in [5, 5.41) is 12.0. The zero-order valence-electron chi connectivity index (χ0n) is 18.1. The molecule has 1 unspecified atom stereocenters. The lowest BCUT2D eigenvalue weighted by atomic mass is 10.2. The summed E-state index contributed by atoms with van der Waals surface area (Å²) >= 11 is 11.7. The molecule has 0 radical (unpaired) electrons. The average molecular weight is 570 g/mol. The summed E-state index contributed by atoms with van der Waals surface area (Å²) in [4.78, 5) is 18.3. The summed E-state index contributed by atoms with van der Waals surface area (Å²) in [7, 11) is 0. The van der Waals surface area contributed by atoms with Crippen LogP contribution in [0.1, 0.15) is 6.92 Å². The lowest BCUT2D eigenvalue weighted by Crippen LogP contribution is -2.22. The maximum absolute atomic E-state index is 12.8. The van der Waals surface area contributed by atoms with Gasteiger partial charge in [0.1, 0.15) is 0 Å². The van der Waals surface area contributed by atoms with Crippen LogP contribution in [0.3, 0.4) is 0 Å². The summed E-state index contributed by atoms with van der Waals surface area (Å²) in [6.45, 7) is 1.88. The fraction of sp³-hybridized carbons (Fsp3) is 0.0800. The molecule has 3 N–H and O–H groups in total. The van der Waals surface area contributed by atoms with Gasteiger partial charge in [-0.05, 0) is 61.6 Å². The Labute approximate surface area is 220 Å². The minimum Gasteiger partial charge on any atom is -0.332 e. The van der Waals surface area contributed by atoms with E-state index in [0.717, 1.165) is 32.0 Å². The van der Waals surface area contributed by atoms with Crippen molar-refractivity contribution in [2.24, 2.45) is 0 Å². The van der Waals surface area contributed by atoms with Gasteiger partial charge in [0.2, 0.25) is 5.91 Å². The van der Waals surface area contributed by atoms with Gasteiger partial charge in [-0.15, -0.1) is 23.1 Å². The maximum Gasteiger partial charge on any atom is 0.239 e. The fourth-order valence-electron chi connectivity index (χ4n) is 3.01. The molecule has 0 bridgehead atoms. The van der Waals surface area contributed by atoms with Crippen LogP contribution in [0.15, 0.2) is 93.6 Å². The van der Waals surface area contributed by atoms with E-state index >= 15 is 0 Å². The summed E-state index contributed by atoms with van der Waals surface area (Å²) in [6, 6.07) is 25.5. The van der Waals surface area contributed by atoms with Gasteiger partial charge in [0.05, 0.1) is 10.9 Å². The molecular formula is C25H21BrN4OS3. The van der Waals surface area contributed by atoms with E-state index in [1.807, 2.05) is 91.2 Å². The molecule has 1 aromatic heterocycles. The Bertz CT molecular complexity index is 1280. The Kier molecular flexibility index (Phi) is 8.34. The largest absolute Gasteiger partial charge is 0.332 e. The number of nitrogens with zero attached hydrogens (tertiary/aromatic N) is 1. The van der Waals surface area contributed by atoms with E-state index in [4.69, 9.17) is 12.2 Å². The predicted molar refractivity (Wildman–Crippen MR) is 152 cm³/mol. The minimum absolute atomic E-state index is 0.0960. The van der Waals surface area contributed by atoms with Gasteiger partial charge in [0, 0.05) is 31.7 Å². The average Bonchev–Trinajstić information content (AvgIpc) is 3.28. The van der Waals surface area contributed by atoms with Crippen LogP contribution in [0.4, 0.5) is 16.5 Å². The van der Waals surface area contributed by atoms with Gasteiger partial charge in [-0.25, -0.2) is 4.98 Å². The lowest BCUT2D eigenvalue weighted by Gasteiger charge is -2.13. The number of halogens is 1. The Hall–Kier alpha value is -2.72. The second kappa shape index (κ2) is 11.6. The molecule has 0 spiro atoms. The first-order valence-electron chi connectivity index (χ1n) is 10.4. The fourth-order valence-corrected chi connectivity index (χ4v) is 5.16. The molecule has 0 fully saturated rings. The lowest BCUT2D eigenvalue weighted by molar-refractivity contribution is -0.115. The Morgan fingerprint density at radius 2 is 1.68 bits per heavy atom. The molecule has 34 heavy (non-hydrogen) atoms. The molecule has 4 aromatic rings. The highest BCUT2D eigenvalue weighted by atomic mass is 79.9. The zero-order valence-corrected chi connectivity index (χ0v) is 22.2. The van der Waals surface area contributed by atoms with Crippen LogP contribution in [-0.2, 0) is 4.79 Å². The third-order valence-electron chi connectivity index (χ3n) is 4.68. The van der Waals surface area contributed by atoms with E-state index in [0.29, 0.717) is 10.2 Å². The highest BCUT2D eigenvalue weighted by Crippen LogP contribution is 2.29. The number of thiocarbonyl (C=S) groups is 1. The number of anilines is 3. The van der Waals surface area contributed by atoms with Crippen LogP contribution in [0, 0.1) is 0 Å². The number of hydrogen-bond donors (Lipinski definition) is 3. The van der Waals surface area contributed by atoms with E-state index in [-0.39, 0.29) is 11.2 Å². The number of amides is 1. The van der Waals surface area contributed by atoms with E-state index in [1.165, 1.54) is 23.1 Å². The molecular weight excluding hydrogens is 548 g/mol. The van der Waals surface area contributed by atoms with Crippen molar-refractivity contribution in [2.75, 3.05) is 16.0 Å². The molecule has 0 saturated carbocycles. The van der Waals surface area contributed by atoms with Gasteiger partial charge in [0.15, 0.2) is 10.2 Å². The molecule has 0 aliphatic rings. The SMILES string of the molecule is CC(Sc1cccc(NC(=S)Nc2ccccc2)c1)C(=O)Nc1nc(-c2ccc(Br)cc2)cs1. The summed E-state index contributed by atoms with van der Waals surface area (Å²) in [6.07, 6.45) is 0. The third-order valence-corrected chi connectivity index (χ3v) is 7.26. The van der Waals surface area contributed by atoms with Crippen LogP contribution < -0.4 is 16.0 Å². The Morgan fingerprint density at radius 1 is 0.971 bits per heavy atom. The number of nitrogens with one attached hydrogen (secondary N) is 3. The zero-order chi connectivity index (χ0) is 23.9. The maximum atomic E-state index is 12.8. The van der Waals surface area contributed by atoms with Crippen molar-refractivity contribution in [1.82, 2.24) is 4.98 Å². The van der Waals surface area contributed by atoms with Crippen molar-refractivity contribution in [2.45, 2.75) is 17.1 Å². The van der Waals surface area contributed by atoms with E-state index in [2.05, 4.69) is 36.9 Å². The molecule has 1 atom stereocenters. The van der Waals surface area contributed by atoms with Crippen molar-refractivity contribution < 1.29 is 4.79 Å². The monoisotopic (exact) mass is 568 g/mol. The topological polar surface area (TPSA) is 66.0 Å². The normalized spacial score (nSPS) is 11.5. The van der Waals surface area contributed by atoms with Gasteiger partial charge in [-0.2, -0.15) is 0 Å². The van der Waals surface area contributed by atoms with Crippen molar-refractivity contribution in [1.29, 1.82) is 0 Å². The predicted octanol–water partition coefficient (Wildman–Crippen LogP) is 7.50. The summed E-state index contributed by atoms with van der Waals surface area (Å²) in [5.74, 6) is -0.0960. The van der Waals surface area contributed by atoms with Gasteiger partial charge in [-0.3, -0.25) is 4.79 Å². The van der Waals surface area contributed by atoms with Crippen molar-refractivity contribution >= 4 is 78.8 Å². The van der Waals surface area contributed by atoms with E-state index in [1.54, 1.807) is 0 Å². The van der Waals surface area contributed by atoms with Crippen LogP contribution in [0.2, 0.25) is 0 Å². The first kappa shape index (κ1) is 24.4. The number of para-hydroxylation sites is 1. The highest BCUT2D eigenvalue weighted by molar-refractivity contribution is 9.10. The second-order valence-electron chi connectivity index (χ2n) is 7.27. The standard InChI is InChI=1S/C25H21BrN4OS3/c1-16(23(31)30-25-29-22(15-33-25)17-10-12-18(26)13-11-17)34-21-9-5-8-20(14-21)28-24(32)27-19-6-3-2-4-7-19/h2-16H,1H3,(H2,27,28,32)(H,29,30,31). The molecule has 4 rings (SSSR count). The smallest absolute Gasteiger partial charge is 0.239 e. The quantitative estimate of drug-likeness (QED) is 0.158. The molecule has 1 heterocycles. The Balaban J connectivity index is 1.32. The number of thioether (sulfide) groups is 1. The summed E-state index contributed by atoms with van der Waals surface area (Å²) < 4.78 is 1.01. The highest BCUT2D eigenvalue weighted by Gasteiger charge is 2.17. The van der Waals surface area contributed by atoms with Crippen molar-refractivity contribution in [3.8, 4) is 11.3 Å². The van der Waals surface area contributed by atoms with Crippen LogP contribution in [0.5, 0.6) is 0 Å². The van der Waals surface area contributed by atoms with Crippen molar-refractivity contribution in [3.63, 3.8) is 0 Å². The second-order valence-corrected chi connectivity index (χ2v) is 10.9. The number of aromatic nitrogens is 1. The van der Waals surface area contributed by atoms with Gasteiger partial charge in [-0.1, -0.05) is 52.3 Å². The third kappa shape index (κ3) is 6.89. The van der Waals surface area contributed by atoms with Crippen LogP contribution in [0.25, 0.3) is 11.3 Å². The van der Waals surface area contributed by atoms with Crippen LogP contribution >= 0.6 is 51.2 Å². The number of benzene rings is 3. The number of hydrogen-bond acceptors (Lipinski definition) is 5. The molecule has 3 aromatic carbocycles. The van der Waals surface area contributed by atoms with Gasteiger partial charge in [0.25, 0.3) is 0 Å². The number of carbonyl (C=O) groups is 1. The molecule has 172 valence electrons.